The van der Waals surface area contributed by atoms with Crippen LogP contribution in [0, 0.1) is 11.8 Å². The molecule has 10 nitrogen and oxygen atoms in total. The average Bonchev–Trinajstić information content (AvgIpc) is 3.06. The van der Waals surface area contributed by atoms with Gasteiger partial charge >= 0.3 is 5.97 Å². The standard InChI is InChI=1S/C36H34N4O6/c1-2-45-27-13-11-26(12-14-27)37-34(42)24-10-15-31(39-19-22-16-25(21-39)30-7-5-9-33(41)40(30)20-22)29(18-24)38-35(43)28-17-23-6-3-4-8-32(23)46-36(28)44/h3-15,17-18,22-23,25,32H,2,16,19-21H2,1H3,(H,37,42)(H,38,43)/t22-,23+,25+,32+/m1/s1. The Hall–Kier alpha value is -5.38. The van der Waals surface area contributed by atoms with Crippen LogP contribution in [0.1, 0.15) is 35.3 Å². The molecule has 7 rings (SSSR count). The van der Waals surface area contributed by atoms with Gasteiger partial charge in [-0.1, -0.05) is 30.4 Å². The number of anilines is 3. The molecule has 4 atom stereocenters. The molecule has 2 bridgehead atoms. The van der Waals surface area contributed by atoms with Crippen molar-refractivity contribution in [3.8, 4) is 5.75 Å². The van der Waals surface area contributed by atoms with Gasteiger partial charge in [-0.15, -0.1) is 0 Å². The molecule has 0 unspecified atom stereocenters. The van der Waals surface area contributed by atoms with Crippen LogP contribution in [0.25, 0.3) is 0 Å². The van der Waals surface area contributed by atoms with Gasteiger partial charge < -0.3 is 29.6 Å². The summed E-state index contributed by atoms with van der Waals surface area (Å²) in [4.78, 5) is 54.7. The average molecular weight is 619 g/mol. The number of ether oxygens (including phenoxy) is 2. The third kappa shape index (κ3) is 5.74. The van der Waals surface area contributed by atoms with Gasteiger partial charge in [0, 0.05) is 54.5 Å². The quantitative estimate of drug-likeness (QED) is 0.292. The van der Waals surface area contributed by atoms with Crippen molar-refractivity contribution in [1.82, 2.24) is 4.57 Å². The lowest BCUT2D eigenvalue weighted by molar-refractivity contribution is -0.145. The number of esters is 1. The number of allylic oxidation sites excluding steroid dienone is 2. The maximum absolute atomic E-state index is 13.7. The smallest absolute Gasteiger partial charge is 0.344 e. The van der Waals surface area contributed by atoms with Crippen molar-refractivity contribution in [2.75, 3.05) is 35.2 Å². The summed E-state index contributed by atoms with van der Waals surface area (Å²) in [5.41, 5.74) is 3.00. The van der Waals surface area contributed by atoms with Crippen LogP contribution in [-0.4, -0.2) is 48.2 Å². The molecule has 4 aliphatic rings. The van der Waals surface area contributed by atoms with Crippen molar-refractivity contribution in [2.45, 2.75) is 31.9 Å². The first-order valence-corrected chi connectivity index (χ1v) is 15.6. The monoisotopic (exact) mass is 618 g/mol. The van der Waals surface area contributed by atoms with E-state index in [-0.39, 0.29) is 34.8 Å². The zero-order valence-electron chi connectivity index (χ0n) is 25.3. The van der Waals surface area contributed by atoms with Crippen molar-refractivity contribution < 1.29 is 23.9 Å². The Labute approximate surface area is 266 Å². The number of nitrogens with zero attached hydrogens (tertiary/aromatic N) is 2. The number of piperidine rings is 1. The molecule has 0 saturated carbocycles. The molecule has 234 valence electrons. The van der Waals surface area contributed by atoms with Crippen molar-refractivity contribution in [2.24, 2.45) is 11.8 Å². The minimum Gasteiger partial charge on any atom is -0.494 e. The first-order valence-electron chi connectivity index (χ1n) is 15.6. The predicted molar refractivity (Wildman–Crippen MR) is 174 cm³/mol. The Kier molecular flexibility index (Phi) is 7.78. The highest BCUT2D eigenvalue weighted by Gasteiger charge is 2.36. The molecule has 3 aromatic rings. The second-order valence-electron chi connectivity index (χ2n) is 12.0. The number of amides is 2. The summed E-state index contributed by atoms with van der Waals surface area (Å²) in [6.45, 7) is 4.37. The summed E-state index contributed by atoms with van der Waals surface area (Å²) in [7, 11) is 0. The summed E-state index contributed by atoms with van der Waals surface area (Å²) in [6, 6.07) is 17.7. The maximum atomic E-state index is 13.7. The number of carbonyl (C=O) groups is 3. The molecule has 1 aliphatic carbocycles. The largest absolute Gasteiger partial charge is 0.494 e. The summed E-state index contributed by atoms with van der Waals surface area (Å²) >= 11 is 0. The van der Waals surface area contributed by atoms with Gasteiger partial charge in [0.1, 0.15) is 17.4 Å². The van der Waals surface area contributed by atoms with Crippen molar-refractivity contribution in [3.05, 3.63) is 118 Å². The molecule has 2 aromatic carbocycles. The fraction of sp³-hybridized carbons (Fsp3) is 0.278. The van der Waals surface area contributed by atoms with Crippen molar-refractivity contribution >= 4 is 34.8 Å². The minimum atomic E-state index is -0.695. The van der Waals surface area contributed by atoms with Crippen molar-refractivity contribution in [3.63, 3.8) is 0 Å². The van der Waals surface area contributed by atoms with Crippen LogP contribution in [0.3, 0.4) is 0 Å². The fourth-order valence-electron chi connectivity index (χ4n) is 6.83. The molecule has 0 spiro atoms. The van der Waals surface area contributed by atoms with Gasteiger partial charge in [0.15, 0.2) is 0 Å². The number of pyridine rings is 1. The van der Waals surface area contributed by atoms with E-state index >= 15 is 0 Å². The van der Waals surface area contributed by atoms with Crippen LogP contribution >= 0.6 is 0 Å². The van der Waals surface area contributed by atoms with Gasteiger partial charge in [0.05, 0.1) is 18.0 Å². The van der Waals surface area contributed by atoms with E-state index < -0.39 is 18.0 Å². The first kappa shape index (κ1) is 29.3. The molecule has 1 saturated heterocycles. The highest BCUT2D eigenvalue weighted by atomic mass is 16.5. The van der Waals surface area contributed by atoms with E-state index in [0.29, 0.717) is 48.9 Å². The van der Waals surface area contributed by atoms with Crippen LogP contribution in [0.4, 0.5) is 17.1 Å². The topological polar surface area (TPSA) is 119 Å². The molecule has 0 radical (unpaired) electrons. The van der Waals surface area contributed by atoms with Gasteiger partial charge in [-0.25, -0.2) is 4.79 Å². The Morgan fingerprint density at radius 3 is 2.59 bits per heavy atom. The molecule has 2 amide bonds. The van der Waals surface area contributed by atoms with Gasteiger partial charge in [-0.2, -0.15) is 0 Å². The lowest BCUT2D eigenvalue weighted by atomic mass is 9.83. The fourth-order valence-corrected chi connectivity index (χ4v) is 6.83. The minimum absolute atomic E-state index is 0.00896. The number of rotatable bonds is 7. The first-order chi connectivity index (χ1) is 22.4. The molecule has 1 fully saturated rings. The Morgan fingerprint density at radius 2 is 1.76 bits per heavy atom. The van der Waals surface area contributed by atoms with Gasteiger partial charge in [-0.05, 0) is 73.9 Å². The van der Waals surface area contributed by atoms with Gasteiger partial charge in [-0.3, -0.25) is 14.4 Å². The maximum Gasteiger partial charge on any atom is 0.344 e. The zero-order chi connectivity index (χ0) is 31.8. The van der Waals surface area contributed by atoms with Crippen LogP contribution in [-0.2, 0) is 20.9 Å². The number of aromatic nitrogens is 1. The van der Waals surface area contributed by atoms with Crippen LogP contribution in [0.15, 0.2) is 101 Å². The summed E-state index contributed by atoms with van der Waals surface area (Å²) in [6.07, 6.45) is 9.50. The third-order valence-corrected chi connectivity index (χ3v) is 8.94. The van der Waals surface area contributed by atoms with Crippen molar-refractivity contribution in [1.29, 1.82) is 0 Å². The van der Waals surface area contributed by atoms with Crippen LogP contribution in [0.5, 0.6) is 5.75 Å². The summed E-state index contributed by atoms with van der Waals surface area (Å²) < 4.78 is 12.9. The van der Waals surface area contributed by atoms with E-state index in [2.05, 4.69) is 15.5 Å². The van der Waals surface area contributed by atoms with Gasteiger partial charge in [0.2, 0.25) is 0 Å². The second kappa shape index (κ2) is 12.2. The molecule has 10 heteroatoms. The lowest BCUT2D eigenvalue weighted by Gasteiger charge is -2.44. The number of benzene rings is 2. The summed E-state index contributed by atoms with van der Waals surface area (Å²) in [5.74, 6) is -0.823. The number of nitrogens with one attached hydrogen (secondary N) is 2. The molecular formula is C36H34N4O6. The van der Waals surface area contributed by atoms with E-state index in [4.69, 9.17) is 9.47 Å². The molecular weight excluding hydrogens is 584 g/mol. The normalized spacial score (nSPS) is 22.6. The summed E-state index contributed by atoms with van der Waals surface area (Å²) in [5, 5.41) is 5.84. The number of fused-ring (bicyclic) bond motifs is 5. The molecule has 46 heavy (non-hydrogen) atoms. The zero-order valence-corrected chi connectivity index (χ0v) is 25.3. The second-order valence-corrected chi connectivity index (χ2v) is 12.0. The van der Waals surface area contributed by atoms with E-state index in [1.165, 1.54) is 0 Å². The number of hydrogen-bond acceptors (Lipinski definition) is 7. The van der Waals surface area contributed by atoms with Crippen LogP contribution < -0.4 is 25.8 Å². The van der Waals surface area contributed by atoms with Crippen LogP contribution in [0.2, 0.25) is 0 Å². The highest BCUT2D eigenvalue weighted by molar-refractivity contribution is 6.22. The SMILES string of the molecule is CCOc1ccc(NC(=O)c2ccc(N3C[C@H]4C[C@@H](C3)c3cccc(=O)n3C4)c(NC(=O)C3=C[C@@H]4C=CC=C[C@@H]4OC3=O)c2)cc1. The highest BCUT2D eigenvalue weighted by Crippen LogP contribution is 2.39. The van der Waals surface area contributed by atoms with E-state index in [9.17, 15) is 19.2 Å². The number of carbonyl (C=O) groups excluding carboxylic acids is 3. The predicted octanol–water partition coefficient (Wildman–Crippen LogP) is 4.66. The van der Waals surface area contributed by atoms with E-state index in [1.807, 2.05) is 41.9 Å². The Morgan fingerprint density at radius 1 is 0.935 bits per heavy atom. The van der Waals surface area contributed by atoms with E-state index in [1.54, 1.807) is 60.7 Å². The Bertz CT molecular complexity index is 1860. The lowest BCUT2D eigenvalue weighted by Crippen LogP contribution is -2.47. The molecule has 3 aliphatic heterocycles. The Balaban J connectivity index is 1.19. The molecule has 1 aromatic heterocycles. The third-order valence-electron chi connectivity index (χ3n) is 8.94. The molecule has 2 N–H and O–H groups in total. The molecule has 4 heterocycles. The number of hydrogen-bond donors (Lipinski definition) is 2. The van der Waals surface area contributed by atoms with E-state index in [0.717, 1.165) is 17.8 Å². The van der Waals surface area contributed by atoms with Gasteiger partial charge in [0.25, 0.3) is 17.4 Å².